The first kappa shape index (κ1) is 7.80. The van der Waals surface area contributed by atoms with Crippen molar-refractivity contribution in [3.63, 3.8) is 0 Å². The summed E-state index contributed by atoms with van der Waals surface area (Å²) in [6.07, 6.45) is 6.41. The third-order valence-corrected chi connectivity index (χ3v) is 2.77. The molecule has 0 saturated heterocycles. The van der Waals surface area contributed by atoms with Crippen LogP contribution in [-0.2, 0) is 0 Å². The second-order valence-corrected chi connectivity index (χ2v) is 3.84. The Morgan fingerprint density at radius 2 is 2.29 bits per heavy atom. The summed E-state index contributed by atoms with van der Waals surface area (Å²) in [5.41, 5.74) is 3.46. The number of hydrogen-bond donors (Lipinski definition) is 0. The second kappa shape index (κ2) is 2.71. The molecule has 2 aromatic rings. The van der Waals surface area contributed by atoms with Gasteiger partial charge in [-0.15, -0.1) is 0 Å². The number of imidazole rings is 1. The number of rotatable bonds is 2. The van der Waals surface area contributed by atoms with Crippen molar-refractivity contribution >= 4 is 17.1 Å². The molecular weight excluding hydrogens is 172 g/mol. The van der Waals surface area contributed by atoms with Gasteiger partial charge in [-0.25, -0.2) is 4.98 Å². The number of aromatic nitrogens is 2. The van der Waals surface area contributed by atoms with Crippen molar-refractivity contribution in [2.45, 2.75) is 18.9 Å². The normalized spacial score (nSPS) is 16.0. The van der Waals surface area contributed by atoms with E-state index in [0.29, 0.717) is 6.04 Å². The van der Waals surface area contributed by atoms with Gasteiger partial charge in [-0.05, 0) is 30.5 Å². The molecule has 70 valence electrons. The van der Waals surface area contributed by atoms with Crippen LogP contribution in [0.3, 0.4) is 0 Å². The Labute approximate surface area is 82.9 Å². The molecule has 1 saturated carbocycles. The van der Waals surface area contributed by atoms with E-state index < -0.39 is 0 Å². The minimum absolute atomic E-state index is 0.703. The molecule has 0 unspecified atom stereocenters. The van der Waals surface area contributed by atoms with Crippen molar-refractivity contribution in [3.05, 3.63) is 36.7 Å². The molecule has 1 heterocycles. The summed E-state index contributed by atoms with van der Waals surface area (Å²) in [7, 11) is 0. The Kier molecular flexibility index (Phi) is 1.51. The molecule has 1 fully saturated rings. The highest BCUT2D eigenvalue weighted by atomic mass is 15.1. The van der Waals surface area contributed by atoms with Crippen LogP contribution in [-0.4, -0.2) is 9.55 Å². The van der Waals surface area contributed by atoms with Crippen molar-refractivity contribution in [2.24, 2.45) is 0 Å². The largest absolute Gasteiger partial charge is 0.327 e. The molecule has 1 aliphatic rings. The van der Waals surface area contributed by atoms with Gasteiger partial charge in [0.2, 0.25) is 0 Å². The molecule has 2 heteroatoms. The molecule has 0 N–H and O–H groups in total. The van der Waals surface area contributed by atoms with E-state index in [9.17, 15) is 0 Å². The summed E-state index contributed by atoms with van der Waals surface area (Å²) < 4.78 is 2.28. The monoisotopic (exact) mass is 184 g/mol. The zero-order valence-electron chi connectivity index (χ0n) is 7.98. The maximum absolute atomic E-state index is 4.40. The van der Waals surface area contributed by atoms with Crippen LogP contribution >= 0.6 is 0 Å². The van der Waals surface area contributed by atoms with Gasteiger partial charge in [-0.2, -0.15) is 0 Å². The summed E-state index contributed by atoms with van der Waals surface area (Å²) in [5.74, 6) is 0. The number of nitrogens with zero attached hydrogens (tertiary/aromatic N) is 2. The Bertz CT molecular complexity index is 492. The lowest BCUT2D eigenvalue weighted by molar-refractivity contribution is 0.766. The second-order valence-electron chi connectivity index (χ2n) is 3.84. The summed E-state index contributed by atoms with van der Waals surface area (Å²) in [6, 6.07) is 7.02. The molecule has 1 aromatic carbocycles. The quantitative estimate of drug-likeness (QED) is 0.701. The van der Waals surface area contributed by atoms with E-state index in [1.807, 2.05) is 12.4 Å². The predicted molar refractivity (Wildman–Crippen MR) is 58.1 cm³/mol. The molecule has 0 atom stereocenters. The fraction of sp³-hybridized carbons (Fsp3) is 0.250. The highest BCUT2D eigenvalue weighted by molar-refractivity contribution is 5.78. The van der Waals surface area contributed by atoms with Gasteiger partial charge in [0, 0.05) is 6.04 Å². The van der Waals surface area contributed by atoms with Crippen LogP contribution in [0.25, 0.3) is 17.1 Å². The lowest BCUT2D eigenvalue weighted by Crippen LogP contribution is -1.89. The Morgan fingerprint density at radius 1 is 1.43 bits per heavy atom. The lowest BCUT2D eigenvalue weighted by Gasteiger charge is -2.00. The van der Waals surface area contributed by atoms with Gasteiger partial charge >= 0.3 is 0 Å². The zero-order valence-corrected chi connectivity index (χ0v) is 7.98. The van der Waals surface area contributed by atoms with Crippen LogP contribution in [0, 0.1) is 0 Å². The van der Waals surface area contributed by atoms with E-state index in [4.69, 9.17) is 0 Å². The molecule has 0 spiro atoms. The molecular formula is C12H12N2. The molecule has 0 bridgehead atoms. The van der Waals surface area contributed by atoms with Gasteiger partial charge in [-0.3, -0.25) is 0 Å². The highest BCUT2D eigenvalue weighted by Gasteiger charge is 2.24. The van der Waals surface area contributed by atoms with E-state index in [0.717, 1.165) is 11.1 Å². The van der Waals surface area contributed by atoms with Gasteiger partial charge in [0.15, 0.2) is 0 Å². The van der Waals surface area contributed by atoms with Crippen molar-refractivity contribution in [3.8, 4) is 0 Å². The van der Waals surface area contributed by atoms with Crippen LogP contribution in [0.4, 0.5) is 0 Å². The topological polar surface area (TPSA) is 17.8 Å². The first-order valence-corrected chi connectivity index (χ1v) is 4.97. The van der Waals surface area contributed by atoms with Gasteiger partial charge in [0.1, 0.15) is 0 Å². The van der Waals surface area contributed by atoms with E-state index in [1.54, 1.807) is 0 Å². The zero-order chi connectivity index (χ0) is 9.54. The van der Waals surface area contributed by atoms with Gasteiger partial charge in [0.25, 0.3) is 0 Å². The molecule has 2 nitrogen and oxygen atoms in total. The van der Waals surface area contributed by atoms with Gasteiger partial charge < -0.3 is 4.57 Å². The Morgan fingerprint density at radius 3 is 3.00 bits per heavy atom. The molecule has 0 amide bonds. The Balaban J connectivity index is 2.21. The van der Waals surface area contributed by atoms with Gasteiger partial charge in [0.05, 0.1) is 17.4 Å². The van der Waals surface area contributed by atoms with Crippen LogP contribution < -0.4 is 0 Å². The van der Waals surface area contributed by atoms with Crippen LogP contribution in [0.2, 0.25) is 0 Å². The molecule has 1 aliphatic carbocycles. The maximum atomic E-state index is 4.40. The maximum Gasteiger partial charge on any atom is 0.0960 e. The molecule has 0 aliphatic heterocycles. The molecule has 0 radical (unpaired) electrons. The van der Waals surface area contributed by atoms with E-state index in [1.165, 1.54) is 18.4 Å². The molecule has 3 rings (SSSR count). The minimum atomic E-state index is 0.703. The molecule has 14 heavy (non-hydrogen) atoms. The van der Waals surface area contributed by atoms with Crippen LogP contribution in [0.15, 0.2) is 31.1 Å². The average molecular weight is 184 g/mol. The van der Waals surface area contributed by atoms with Crippen molar-refractivity contribution in [1.82, 2.24) is 9.55 Å². The minimum Gasteiger partial charge on any atom is -0.327 e. The number of fused-ring (bicyclic) bond motifs is 1. The third-order valence-electron chi connectivity index (χ3n) is 2.77. The van der Waals surface area contributed by atoms with E-state index in [2.05, 4.69) is 34.3 Å². The van der Waals surface area contributed by atoms with E-state index >= 15 is 0 Å². The molecule has 1 aromatic heterocycles. The number of hydrogen-bond acceptors (Lipinski definition) is 1. The SMILES string of the molecule is C=Cc1ccc2c(c1)ncn2C1CC1. The smallest absolute Gasteiger partial charge is 0.0960 e. The van der Waals surface area contributed by atoms with Crippen molar-refractivity contribution in [1.29, 1.82) is 0 Å². The van der Waals surface area contributed by atoms with Crippen LogP contribution in [0.1, 0.15) is 24.4 Å². The first-order chi connectivity index (χ1) is 6.88. The fourth-order valence-electron chi connectivity index (χ4n) is 1.82. The lowest BCUT2D eigenvalue weighted by atomic mass is 10.2. The standard InChI is InChI=1S/C12H12N2/c1-2-9-3-6-12-11(7-9)13-8-14(12)10-4-5-10/h2-3,6-8,10H,1,4-5H2. The summed E-state index contributed by atoms with van der Waals surface area (Å²) in [6.45, 7) is 3.76. The summed E-state index contributed by atoms with van der Waals surface area (Å²) in [5, 5.41) is 0. The number of benzene rings is 1. The van der Waals surface area contributed by atoms with Crippen LogP contribution in [0.5, 0.6) is 0 Å². The predicted octanol–water partition coefficient (Wildman–Crippen LogP) is 3.01. The highest BCUT2D eigenvalue weighted by Crippen LogP contribution is 2.37. The van der Waals surface area contributed by atoms with E-state index in [-0.39, 0.29) is 0 Å². The Hall–Kier alpha value is -1.57. The van der Waals surface area contributed by atoms with Gasteiger partial charge in [-0.1, -0.05) is 18.7 Å². The van der Waals surface area contributed by atoms with Crippen molar-refractivity contribution in [2.75, 3.05) is 0 Å². The fourth-order valence-corrected chi connectivity index (χ4v) is 1.82. The third kappa shape index (κ3) is 1.07. The summed E-state index contributed by atoms with van der Waals surface area (Å²) >= 11 is 0. The van der Waals surface area contributed by atoms with Crippen molar-refractivity contribution < 1.29 is 0 Å². The summed E-state index contributed by atoms with van der Waals surface area (Å²) in [4.78, 5) is 4.40. The first-order valence-electron chi connectivity index (χ1n) is 4.97. The average Bonchev–Trinajstić information content (AvgIpc) is 2.98.